The Morgan fingerprint density at radius 3 is 2.77 bits per heavy atom. The largest absolute Gasteiger partial charge is 0.328 e. The predicted octanol–water partition coefficient (Wildman–Crippen LogP) is 3.02. The molecule has 1 saturated carbocycles. The summed E-state index contributed by atoms with van der Waals surface area (Å²) in [5, 5.41) is 0. The molecule has 0 saturated heterocycles. The molecule has 3 heteroatoms. The molecule has 0 aliphatic heterocycles. The monoisotopic (exact) mass is 313 g/mol. The Labute approximate surface area is 101 Å². The molecule has 1 rings (SSSR count). The lowest BCUT2D eigenvalue weighted by atomic mass is 9.77. The van der Waals surface area contributed by atoms with Gasteiger partial charge in [0.25, 0.3) is 0 Å². The number of halogens is 1. The summed E-state index contributed by atoms with van der Waals surface area (Å²) in [4.78, 5) is 0. The van der Waals surface area contributed by atoms with E-state index < -0.39 is 0 Å². The molecular formula is C10H20INS. The van der Waals surface area contributed by atoms with E-state index in [0.29, 0.717) is 6.04 Å². The Kier molecular flexibility index (Phi) is 4.86. The van der Waals surface area contributed by atoms with Crippen molar-refractivity contribution < 1.29 is 0 Å². The molecule has 0 radical (unpaired) electrons. The third-order valence-corrected chi connectivity index (χ3v) is 4.32. The van der Waals surface area contributed by atoms with Gasteiger partial charge in [0.05, 0.1) is 0 Å². The van der Waals surface area contributed by atoms with Crippen LogP contribution in [-0.2, 0) is 0 Å². The number of hydrogen-bond donors (Lipinski definition) is 2. The van der Waals surface area contributed by atoms with Crippen molar-refractivity contribution in [3.05, 3.63) is 0 Å². The molecular weight excluding hydrogens is 293 g/mol. The highest BCUT2D eigenvalue weighted by molar-refractivity contribution is 14.1. The topological polar surface area (TPSA) is 26.0 Å². The number of nitrogens with two attached hydrogens (primary N) is 1. The van der Waals surface area contributed by atoms with Crippen LogP contribution in [0.15, 0.2) is 0 Å². The molecule has 1 aliphatic rings. The third kappa shape index (κ3) is 3.59. The lowest BCUT2D eigenvalue weighted by molar-refractivity contribution is 0.264. The van der Waals surface area contributed by atoms with Crippen molar-refractivity contribution in [3.8, 4) is 0 Å². The van der Waals surface area contributed by atoms with Crippen molar-refractivity contribution in [1.29, 1.82) is 0 Å². The molecule has 1 fully saturated rings. The SMILES string of the molecule is CC(S)(CCI)[C@@H]1CCCC(N)C1. The Morgan fingerprint density at radius 2 is 2.23 bits per heavy atom. The zero-order valence-corrected chi connectivity index (χ0v) is 11.4. The van der Waals surface area contributed by atoms with E-state index >= 15 is 0 Å². The summed E-state index contributed by atoms with van der Waals surface area (Å²) in [6, 6.07) is 0.430. The van der Waals surface area contributed by atoms with E-state index in [1.807, 2.05) is 0 Å². The molecule has 0 heterocycles. The number of hydrogen-bond acceptors (Lipinski definition) is 2. The second-order valence-corrected chi connectivity index (χ2v) is 6.52. The van der Waals surface area contributed by atoms with Gasteiger partial charge < -0.3 is 5.73 Å². The molecule has 0 spiro atoms. The third-order valence-electron chi connectivity index (χ3n) is 3.19. The number of rotatable bonds is 3. The first-order chi connectivity index (χ1) is 6.06. The second kappa shape index (κ2) is 5.21. The summed E-state index contributed by atoms with van der Waals surface area (Å²) in [7, 11) is 0. The number of alkyl halides is 1. The molecule has 1 aliphatic carbocycles. The molecule has 3 atom stereocenters. The van der Waals surface area contributed by atoms with Crippen LogP contribution in [0.2, 0.25) is 0 Å². The van der Waals surface area contributed by atoms with Crippen LogP contribution in [-0.4, -0.2) is 15.2 Å². The van der Waals surface area contributed by atoms with E-state index in [-0.39, 0.29) is 4.75 Å². The molecule has 0 amide bonds. The lowest BCUT2D eigenvalue weighted by Crippen LogP contribution is -2.38. The normalized spacial score (nSPS) is 34.2. The van der Waals surface area contributed by atoms with Crippen molar-refractivity contribution >= 4 is 35.2 Å². The van der Waals surface area contributed by atoms with Crippen LogP contribution >= 0.6 is 35.2 Å². The van der Waals surface area contributed by atoms with Crippen LogP contribution in [0.4, 0.5) is 0 Å². The van der Waals surface area contributed by atoms with E-state index in [1.54, 1.807) is 0 Å². The van der Waals surface area contributed by atoms with E-state index in [4.69, 9.17) is 18.4 Å². The quantitative estimate of drug-likeness (QED) is 0.467. The molecule has 78 valence electrons. The summed E-state index contributed by atoms with van der Waals surface area (Å²) >= 11 is 7.22. The standard InChI is InChI=1S/C10H20INS/c1-10(13,5-6-11)8-3-2-4-9(12)7-8/h8-9,13H,2-7,12H2,1H3/t8-,9?,10?/m1/s1. The minimum Gasteiger partial charge on any atom is -0.328 e. The number of thiol groups is 1. The Balaban J connectivity index is 2.48. The fourth-order valence-corrected chi connectivity index (χ4v) is 4.08. The van der Waals surface area contributed by atoms with Crippen molar-refractivity contribution in [1.82, 2.24) is 0 Å². The van der Waals surface area contributed by atoms with Gasteiger partial charge in [0, 0.05) is 15.2 Å². The molecule has 0 aromatic heterocycles. The van der Waals surface area contributed by atoms with Crippen molar-refractivity contribution in [3.63, 3.8) is 0 Å². The highest BCUT2D eigenvalue weighted by atomic mass is 127. The van der Waals surface area contributed by atoms with E-state index in [0.717, 1.165) is 5.92 Å². The first kappa shape index (κ1) is 12.1. The summed E-state index contributed by atoms with van der Waals surface area (Å²) in [6.07, 6.45) is 6.21. The van der Waals surface area contributed by atoms with Crippen LogP contribution in [0.25, 0.3) is 0 Å². The van der Waals surface area contributed by atoms with Gasteiger partial charge in [0.15, 0.2) is 0 Å². The van der Waals surface area contributed by atoms with Gasteiger partial charge in [-0.1, -0.05) is 35.9 Å². The van der Waals surface area contributed by atoms with E-state index in [9.17, 15) is 0 Å². The van der Waals surface area contributed by atoms with E-state index in [2.05, 4.69) is 29.5 Å². The first-order valence-electron chi connectivity index (χ1n) is 5.10. The molecule has 2 N–H and O–H groups in total. The maximum absolute atomic E-state index is 5.98. The molecule has 13 heavy (non-hydrogen) atoms. The first-order valence-corrected chi connectivity index (χ1v) is 7.07. The van der Waals surface area contributed by atoms with Gasteiger partial charge in [-0.3, -0.25) is 0 Å². The summed E-state index contributed by atoms with van der Waals surface area (Å²) in [5.41, 5.74) is 5.98. The zero-order chi connectivity index (χ0) is 9.90. The van der Waals surface area contributed by atoms with Gasteiger partial charge in [-0.25, -0.2) is 0 Å². The fraction of sp³-hybridized carbons (Fsp3) is 1.00. The highest BCUT2D eigenvalue weighted by Crippen LogP contribution is 2.38. The molecule has 0 aromatic rings. The Hall–Kier alpha value is 1.04. The van der Waals surface area contributed by atoms with Crippen LogP contribution < -0.4 is 5.73 Å². The lowest BCUT2D eigenvalue weighted by Gasteiger charge is -2.38. The Bertz CT molecular complexity index is 161. The molecule has 0 aromatic carbocycles. The fourth-order valence-electron chi connectivity index (χ4n) is 2.19. The highest BCUT2D eigenvalue weighted by Gasteiger charge is 2.32. The smallest absolute Gasteiger partial charge is 0.0137 e. The average molecular weight is 313 g/mol. The van der Waals surface area contributed by atoms with Crippen molar-refractivity contribution in [2.75, 3.05) is 4.43 Å². The molecule has 1 nitrogen and oxygen atoms in total. The van der Waals surface area contributed by atoms with Gasteiger partial charge in [-0.15, -0.1) is 0 Å². The van der Waals surface area contributed by atoms with Crippen molar-refractivity contribution in [2.24, 2.45) is 11.7 Å². The van der Waals surface area contributed by atoms with Gasteiger partial charge in [-0.05, 0) is 31.6 Å². The maximum atomic E-state index is 5.98. The van der Waals surface area contributed by atoms with Crippen molar-refractivity contribution in [2.45, 2.75) is 49.8 Å². The summed E-state index contributed by atoms with van der Waals surface area (Å²) in [6.45, 7) is 2.28. The van der Waals surface area contributed by atoms with Crippen LogP contribution in [0.1, 0.15) is 39.0 Å². The van der Waals surface area contributed by atoms with Gasteiger partial charge in [0.1, 0.15) is 0 Å². The van der Waals surface area contributed by atoms with Crippen LogP contribution in [0.3, 0.4) is 0 Å². The summed E-state index contributed by atoms with van der Waals surface area (Å²) in [5.74, 6) is 0.731. The zero-order valence-electron chi connectivity index (χ0n) is 8.30. The minimum absolute atomic E-state index is 0.208. The maximum Gasteiger partial charge on any atom is 0.0137 e. The van der Waals surface area contributed by atoms with Gasteiger partial charge in [-0.2, -0.15) is 12.6 Å². The Morgan fingerprint density at radius 1 is 1.54 bits per heavy atom. The van der Waals surface area contributed by atoms with E-state index in [1.165, 1.54) is 36.5 Å². The van der Waals surface area contributed by atoms with Crippen LogP contribution in [0, 0.1) is 5.92 Å². The summed E-state index contributed by atoms with van der Waals surface area (Å²) < 4.78 is 1.41. The minimum atomic E-state index is 0.208. The second-order valence-electron chi connectivity index (χ2n) is 4.42. The molecule has 2 unspecified atom stereocenters. The average Bonchev–Trinajstić information content (AvgIpc) is 2.04. The van der Waals surface area contributed by atoms with Crippen LogP contribution in [0.5, 0.6) is 0 Å². The molecule has 0 bridgehead atoms. The predicted molar refractivity (Wildman–Crippen MR) is 70.8 cm³/mol. The van der Waals surface area contributed by atoms with Gasteiger partial charge >= 0.3 is 0 Å². The van der Waals surface area contributed by atoms with Gasteiger partial charge in [0.2, 0.25) is 0 Å².